The molecule has 1 atom stereocenters. The van der Waals surface area contributed by atoms with E-state index in [1.165, 1.54) is 41.9 Å². The number of nitrogens with one attached hydrogen (secondary N) is 1. The zero-order chi connectivity index (χ0) is 29.0. The number of methoxy groups -OCH3 is 2. The zero-order valence-electron chi connectivity index (χ0n) is 22.3. The number of amides is 1. The van der Waals surface area contributed by atoms with Gasteiger partial charge in [0.25, 0.3) is 5.56 Å². The second-order valence-electron chi connectivity index (χ2n) is 9.33. The maximum absolute atomic E-state index is 13.5. The van der Waals surface area contributed by atoms with Crippen molar-refractivity contribution < 1.29 is 18.8 Å². The Morgan fingerprint density at radius 3 is 2.38 bits per heavy atom. The predicted octanol–water partition coefficient (Wildman–Crippen LogP) is 4.88. The lowest BCUT2D eigenvalue weighted by Gasteiger charge is -2.22. The summed E-state index contributed by atoms with van der Waals surface area (Å²) in [6.45, 7) is 3.59. The van der Waals surface area contributed by atoms with Crippen molar-refractivity contribution in [3.05, 3.63) is 81.5 Å². The Hall–Kier alpha value is -3.43. The van der Waals surface area contributed by atoms with Gasteiger partial charge in [-0.2, -0.15) is 0 Å². The van der Waals surface area contributed by atoms with E-state index in [9.17, 15) is 14.2 Å². The molecule has 0 fully saturated rings. The van der Waals surface area contributed by atoms with Crippen LogP contribution in [0.4, 0.5) is 5.69 Å². The highest BCUT2D eigenvalue weighted by atomic mass is 35.5. The zero-order valence-corrected chi connectivity index (χ0v) is 24.7. The summed E-state index contributed by atoms with van der Waals surface area (Å²) in [7, 11) is 0.550. The van der Waals surface area contributed by atoms with Gasteiger partial charge in [-0.05, 0) is 55.8 Å². The molecule has 0 aliphatic heterocycles. The van der Waals surface area contributed by atoms with Gasteiger partial charge in [0.15, 0.2) is 5.15 Å². The maximum Gasteiger partial charge on any atom is 0.252 e. The van der Waals surface area contributed by atoms with Crippen LogP contribution in [0.5, 0.6) is 5.75 Å². The number of nitrogens with zero attached hydrogens (tertiary/aromatic N) is 4. The molecular weight excluding hydrogens is 576 g/mol. The molecule has 4 rings (SSSR count). The minimum absolute atomic E-state index is 0.198. The van der Waals surface area contributed by atoms with Crippen LogP contribution < -0.4 is 20.9 Å². The van der Waals surface area contributed by atoms with E-state index >= 15 is 0 Å². The number of hydrogen-bond acceptors (Lipinski definition) is 7. The van der Waals surface area contributed by atoms with Crippen LogP contribution in [0.15, 0.2) is 65.7 Å². The number of benzene rings is 2. The van der Waals surface area contributed by atoms with E-state index in [1.807, 2.05) is 0 Å². The number of halogens is 2. The van der Waals surface area contributed by atoms with E-state index in [2.05, 4.69) is 15.6 Å². The molecule has 40 heavy (non-hydrogen) atoms. The average Bonchev–Trinajstić information content (AvgIpc) is 3.35. The SMILES string of the molecule is COCCC(C(=O)Nc1ccc(P(C)(C)=O)cc1)n1cc(OC)c(-c2cc(Cl)ccc2-n2cc(Cl)nn2)cc1=O. The first-order chi connectivity index (χ1) is 19.0. The smallest absolute Gasteiger partial charge is 0.252 e. The Morgan fingerprint density at radius 2 is 1.77 bits per heavy atom. The van der Waals surface area contributed by atoms with E-state index in [-0.39, 0.29) is 18.2 Å². The van der Waals surface area contributed by atoms with Gasteiger partial charge in [-0.15, -0.1) is 5.10 Å². The number of ether oxygens (including phenoxy) is 2. The molecule has 2 heterocycles. The summed E-state index contributed by atoms with van der Waals surface area (Å²) in [4.78, 5) is 26.9. The predicted molar refractivity (Wildman–Crippen MR) is 157 cm³/mol. The van der Waals surface area contributed by atoms with Crippen LogP contribution in [0.2, 0.25) is 10.2 Å². The first-order valence-corrected chi connectivity index (χ1v) is 15.5. The first kappa shape index (κ1) is 29.6. The van der Waals surface area contributed by atoms with Gasteiger partial charge in [0.2, 0.25) is 5.91 Å². The van der Waals surface area contributed by atoms with Gasteiger partial charge in [-0.25, -0.2) is 4.68 Å². The summed E-state index contributed by atoms with van der Waals surface area (Å²) in [6, 6.07) is 12.4. The summed E-state index contributed by atoms with van der Waals surface area (Å²) < 4.78 is 26.0. The number of anilines is 1. The highest BCUT2D eigenvalue weighted by Crippen LogP contribution is 2.36. The number of carbonyl (C=O) groups is 1. The van der Waals surface area contributed by atoms with Gasteiger partial charge in [0, 0.05) is 53.3 Å². The van der Waals surface area contributed by atoms with Crippen LogP contribution in [-0.4, -0.2) is 59.6 Å². The van der Waals surface area contributed by atoms with Gasteiger partial charge in [0.1, 0.15) is 18.9 Å². The van der Waals surface area contributed by atoms with Gasteiger partial charge in [-0.1, -0.05) is 28.4 Å². The van der Waals surface area contributed by atoms with E-state index in [1.54, 1.807) is 55.8 Å². The van der Waals surface area contributed by atoms with Crippen molar-refractivity contribution in [3.63, 3.8) is 0 Å². The number of hydrogen-bond donors (Lipinski definition) is 1. The maximum atomic E-state index is 13.5. The normalized spacial score (nSPS) is 12.2. The van der Waals surface area contributed by atoms with Crippen LogP contribution in [0, 0.1) is 0 Å². The number of rotatable bonds is 10. The highest BCUT2D eigenvalue weighted by molar-refractivity contribution is 7.70. The van der Waals surface area contributed by atoms with Crippen molar-refractivity contribution in [1.29, 1.82) is 0 Å². The lowest BCUT2D eigenvalue weighted by atomic mass is 10.0. The average molecular weight is 604 g/mol. The summed E-state index contributed by atoms with van der Waals surface area (Å²) in [5.74, 6) is -0.0888. The molecule has 13 heteroatoms. The lowest BCUT2D eigenvalue weighted by molar-refractivity contribution is -0.119. The van der Waals surface area contributed by atoms with Crippen LogP contribution in [0.25, 0.3) is 16.8 Å². The molecule has 2 aromatic heterocycles. The quantitative estimate of drug-likeness (QED) is 0.257. The number of carbonyl (C=O) groups excluding carboxylic acids is 1. The van der Waals surface area contributed by atoms with E-state index in [0.29, 0.717) is 38.6 Å². The molecule has 4 aromatic rings. The van der Waals surface area contributed by atoms with Gasteiger partial charge in [0.05, 0.1) is 25.2 Å². The Balaban J connectivity index is 1.74. The lowest BCUT2D eigenvalue weighted by Crippen LogP contribution is -2.34. The van der Waals surface area contributed by atoms with Crippen molar-refractivity contribution in [3.8, 4) is 22.6 Å². The van der Waals surface area contributed by atoms with Crippen molar-refractivity contribution >= 4 is 47.2 Å². The number of pyridine rings is 1. The molecule has 1 unspecified atom stereocenters. The second-order valence-corrected chi connectivity index (χ2v) is 13.4. The fourth-order valence-electron chi connectivity index (χ4n) is 4.19. The monoisotopic (exact) mass is 603 g/mol. The minimum atomic E-state index is -2.44. The third-order valence-electron chi connectivity index (χ3n) is 6.22. The van der Waals surface area contributed by atoms with Crippen molar-refractivity contribution in [2.24, 2.45) is 0 Å². The van der Waals surface area contributed by atoms with Crippen LogP contribution in [0.1, 0.15) is 12.5 Å². The fraction of sp³-hybridized carbons (Fsp3) is 0.259. The molecule has 1 amide bonds. The minimum Gasteiger partial charge on any atom is -0.495 e. The Kier molecular flexibility index (Phi) is 9.15. The Bertz CT molecular complexity index is 1630. The van der Waals surface area contributed by atoms with Crippen molar-refractivity contribution in [2.75, 3.05) is 39.5 Å². The molecule has 210 valence electrons. The van der Waals surface area contributed by atoms with Crippen molar-refractivity contribution in [2.45, 2.75) is 12.5 Å². The highest BCUT2D eigenvalue weighted by Gasteiger charge is 2.25. The molecule has 0 saturated heterocycles. The van der Waals surface area contributed by atoms with E-state index in [4.69, 9.17) is 32.7 Å². The molecule has 0 aliphatic rings. The van der Waals surface area contributed by atoms with Gasteiger partial charge >= 0.3 is 0 Å². The molecule has 2 aromatic carbocycles. The van der Waals surface area contributed by atoms with Crippen LogP contribution in [-0.2, 0) is 14.1 Å². The van der Waals surface area contributed by atoms with Crippen LogP contribution >= 0.6 is 30.3 Å². The van der Waals surface area contributed by atoms with E-state index < -0.39 is 24.7 Å². The molecule has 0 bridgehead atoms. The fourth-order valence-corrected chi connectivity index (χ4v) is 5.35. The summed E-state index contributed by atoms with van der Waals surface area (Å²) in [5, 5.41) is 12.0. The summed E-state index contributed by atoms with van der Waals surface area (Å²) in [6.07, 6.45) is 3.24. The summed E-state index contributed by atoms with van der Waals surface area (Å²) in [5.41, 5.74) is 1.63. The molecule has 0 saturated carbocycles. The molecule has 0 radical (unpaired) electrons. The topological polar surface area (TPSA) is 117 Å². The van der Waals surface area contributed by atoms with Crippen molar-refractivity contribution in [1.82, 2.24) is 19.6 Å². The third-order valence-corrected chi connectivity index (χ3v) is 8.17. The van der Waals surface area contributed by atoms with E-state index in [0.717, 1.165) is 0 Å². The van der Waals surface area contributed by atoms with Crippen LogP contribution in [0.3, 0.4) is 0 Å². The third kappa shape index (κ3) is 6.64. The standard InChI is InChI=1S/C27H28Cl2N5O5P/c1-38-12-11-23(27(36)30-18-6-8-19(9-7-18)40(3,4)37)33-15-24(39-2)21(14-26(33)35)20-13-17(28)5-10-22(20)34-16-25(29)31-32-34/h5-10,13-16,23H,11-12H2,1-4H3,(H,30,36). The molecule has 1 N–H and O–H groups in total. The number of aromatic nitrogens is 4. The Labute approximate surface area is 241 Å². The molecule has 0 aliphatic carbocycles. The van der Waals surface area contributed by atoms with Gasteiger partial charge < -0.3 is 19.4 Å². The largest absolute Gasteiger partial charge is 0.495 e. The second kappa shape index (κ2) is 12.4. The summed E-state index contributed by atoms with van der Waals surface area (Å²) >= 11 is 12.3. The molecular formula is C27H28Cl2N5O5P. The Morgan fingerprint density at radius 1 is 1.05 bits per heavy atom. The van der Waals surface area contributed by atoms with Gasteiger partial charge in [-0.3, -0.25) is 14.2 Å². The molecule has 0 spiro atoms. The first-order valence-electron chi connectivity index (χ1n) is 12.2. The molecule has 10 nitrogen and oxygen atoms in total.